The lowest BCUT2D eigenvalue weighted by Crippen LogP contribution is -3.00. The van der Waals surface area contributed by atoms with Crippen molar-refractivity contribution in [2.24, 2.45) is 11.3 Å². The quantitative estimate of drug-likeness (QED) is 0.480. The Hall–Kier alpha value is -0.650. The maximum Gasteiger partial charge on any atom is 0.102 e. The van der Waals surface area contributed by atoms with Crippen molar-refractivity contribution in [1.29, 1.82) is 0 Å². The van der Waals surface area contributed by atoms with Crippen molar-refractivity contribution in [3.63, 3.8) is 0 Å². The number of hydrogen-bond donors (Lipinski definition) is 3. The third kappa shape index (κ3) is 5.14. The molecule has 4 nitrogen and oxygen atoms in total. The number of halogens is 1. The van der Waals surface area contributed by atoms with Gasteiger partial charge < -0.3 is 32.2 Å². The van der Waals surface area contributed by atoms with Gasteiger partial charge in [-0.05, 0) is 59.6 Å². The van der Waals surface area contributed by atoms with Crippen LogP contribution in [0.15, 0.2) is 18.2 Å². The fourth-order valence-electron chi connectivity index (χ4n) is 7.17. The molecule has 0 aromatic heterocycles. The summed E-state index contributed by atoms with van der Waals surface area (Å²) in [5, 5.41) is 29.3. The summed E-state index contributed by atoms with van der Waals surface area (Å²) >= 11 is 0. The van der Waals surface area contributed by atoms with E-state index in [2.05, 4.69) is 45.9 Å². The molecule has 0 bridgehead atoms. The fraction of sp³-hybridized carbons (Fsp3) is 0.769. The van der Waals surface area contributed by atoms with Gasteiger partial charge in [0.2, 0.25) is 0 Å². The van der Waals surface area contributed by atoms with Gasteiger partial charge >= 0.3 is 0 Å². The van der Waals surface area contributed by atoms with Crippen molar-refractivity contribution < 1.29 is 32.2 Å². The minimum absolute atomic E-state index is 0. The molecule has 0 radical (unpaired) electrons. The van der Waals surface area contributed by atoms with E-state index in [1.54, 1.807) is 11.1 Å². The van der Waals surface area contributed by atoms with Crippen molar-refractivity contribution in [2.45, 2.75) is 71.1 Å². The highest BCUT2D eigenvalue weighted by molar-refractivity contribution is 5.42. The Morgan fingerprint density at radius 1 is 1.00 bits per heavy atom. The minimum atomic E-state index is 0. The number of hydrogen-bond acceptors (Lipinski definition) is 3. The van der Waals surface area contributed by atoms with Gasteiger partial charge in [0.05, 0.1) is 26.4 Å². The highest BCUT2D eigenvalue weighted by atomic mass is 35.5. The molecule has 2 aliphatic rings. The number of rotatable bonds is 9. The van der Waals surface area contributed by atoms with E-state index >= 15 is 0 Å². The summed E-state index contributed by atoms with van der Waals surface area (Å²) in [6.45, 7) is 12.5. The summed E-state index contributed by atoms with van der Waals surface area (Å²) in [5.74, 6) is 1.15. The first-order valence-electron chi connectivity index (χ1n) is 12.0. The molecule has 0 heterocycles. The Morgan fingerprint density at radius 2 is 1.61 bits per heavy atom. The molecule has 5 heteroatoms. The van der Waals surface area contributed by atoms with Crippen molar-refractivity contribution in [1.82, 2.24) is 0 Å². The van der Waals surface area contributed by atoms with Crippen molar-refractivity contribution in [3.8, 4) is 0 Å². The van der Waals surface area contributed by atoms with Gasteiger partial charge in [-0.2, -0.15) is 0 Å². The first kappa shape index (κ1) is 26.6. The topological polar surface area (TPSA) is 60.7 Å². The molecule has 0 aliphatic heterocycles. The van der Waals surface area contributed by atoms with Gasteiger partial charge in [0.15, 0.2) is 0 Å². The molecular formula is C26H44ClNO3. The molecular weight excluding hydrogens is 410 g/mol. The largest absolute Gasteiger partial charge is 1.00 e. The predicted octanol–water partition coefficient (Wildman–Crippen LogP) is 0.618. The van der Waals surface area contributed by atoms with Gasteiger partial charge in [-0.1, -0.05) is 52.3 Å². The molecule has 0 spiro atoms. The van der Waals surface area contributed by atoms with Crippen LogP contribution in [0.4, 0.5) is 0 Å². The van der Waals surface area contributed by atoms with Gasteiger partial charge in [0, 0.05) is 5.41 Å². The second kappa shape index (κ2) is 10.5. The van der Waals surface area contributed by atoms with Crippen LogP contribution in [0.2, 0.25) is 0 Å². The second-order valence-electron chi connectivity index (χ2n) is 10.9. The average molecular weight is 454 g/mol. The van der Waals surface area contributed by atoms with Crippen LogP contribution in [-0.2, 0) is 11.8 Å². The summed E-state index contributed by atoms with van der Waals surface area (Å²) < 4.78 is 0.617. The normalized spacial score (nSPS) is 28.1. The average Bonchev–Trinajstić information content (AvgIpc) is 2.68. The Morgan fingerprint density at radius 3 is 2.16 bits per heavy atom. The molecule has 0 saturated heterocycles. The second-order valence-corrected chi connectivity index (χ2v) is 10.9. The van der Waals surface area contributed by atoms with Crippen LogP contribution >= 0.6 is 0 Å². The lowest BCUT2D eigenvalue weighted by molar-refractivity contribution is -0.935. The monoisotopic (exact) mass is 453 g/mol. The molecule has 178 valence electrons. The van der Waals surface area contributed by atoms with E-state index in [0.29, 0.717) is 36.0 Å². The molecule has 3 atom stereocenters. The summed E-state index contributed by atoms with van der Waals surface area (Å²) in [7, 11) is 0. The first-order chi connectivity index (χ1) is 14.2. The number of nitrogens with zero attached hydrogens (tertiary/aromatic N) is 1. The molecule has 1 aromatic carbocycles. The fourth-order valence-corrected chi connectivity index (χ4v) is 7.17. The van der Waals surface area contributed by atoms with E-state index in [1.807, 2.05) is 0 Å². The molecule has 3 N–H and O–H groups in total. The molecule has 0 unspecified atom stereocenters. The van der Waals surface area contributed by atoms with Crippen LogP contribution in [0.5, 0.6) is 0 Å². The Balaban J connectivity index is 0.00000341. The lowest BCUT2D eigenvalue weighted by atomic mass is 9.49. The Kier molecular flexibility index (Phi) is 9.03. The van der Waals surface area contributed by atoms with Gasteiger partial charge in [-0.15, -0.1) is 0 Å². The van der Waals surface area contributed by atoms with Gasteiger partial charge in [-0.3, -0.25) is 0 Å². The smallest absolute Gasteiger partial charge is 0.102 e. The van der Waals surface area contributed by atoms with E-state index in [0.717, 1.165) is 13.0 Å². The highest BCUT2D eigenvalue weighted by Crippen LogP contribution is 2.58. The maximum atomic E-state index is 9.77. The zero-order valence-electron chi connectivity index (χ0n) is 20.0. The summed E-state index contributed by atoms with van der Waals surface area (Å²) in [4.78, 5) is 0. The van der Waals surface area contributed by atoms with Gasteiger partial charge in [-0.25, -0.2) is 0 Å². The van der Waals surface area contributed by atoms with Crippen molar-refractivity contribution in [3.05, 3.63) is 34.9 Å². The van der Waals surface area contributed by atoms with Crippen LogP contribution in [0.3, 0.4) is 0 Å². The number of quaternary nitrogens is 1. The van der Waals surface area contributed by atoms with Crippen LogP contribution in [0.25, 0.3) is 0 Å². The molecule has 3 rings (SSSR count). The summed E-state index contributed by atoms with van der Waals surface area (Å²) in [5.41, 5.74) is 4.87. The van der Waals surface area contributed by atoms with Crippen molar-refractivity contribution in [2.75, 3.05) is 46.0 Å². The number of benzene rings is 1. The van der Waals surface area contributed by atoms with E-state index in [-0.39, 0.29) is 43.1 Å². The van der Waals surface area contributed by atoms with Crippen LogP contribution < -0.4 is 12.4 Å². The van der Waals surface area contributed by atoms with E-state index in [4.69, 9.17) is 0 Å². The van der Waals surface area contributed by atoms with E-state index < -0.39 is 0 Å². The Bertz CT molecular complexity index is 708. The maximum absolute atomic E-state index is 9.77. The predicted molar refractivity (Wildman–Crippen MR) is 123 cm³/mol. The highest BCUT2D eigenvalue weighted by Gasteiger charge is 2.54. The molecule has 1 saturated carbocycles. The van der Waals surface area contributed by atoms with Crippen LogP contribution in [0.1, 0.15) is 76.0 Å². The minimum Gasteiger partial charge on any atom is -1.00 e. The third-order valence-corrected chi connectivity index (χ3v) is 8.59. The summed E-state index contributed by atoms with van der Waals surface area (Å²) in [6, 6.07) is 7.21. The molecule has 2 aliphatic carbocycles. The summed E-state index contributed by atoms with van der Waals surface area (Å²) in [6.07, 6.45) is 5.99. The van der Waals surface area contributed by atoms with Gasteiger partial charge in [0.25, 0.3) is 0 Å². The number of aliphatic hydroxyl groups excluding tert-OH is 3. The number of fused-ring (bicyclic) bond motifs is 3. The number of aliphatic hydroxyl groups is 3. The van der Waals surface area contributed by atoms with Crippen molar-refractivity contribution >= 4 is 0 Å². The molecule has 1 aromatic rings. The lowest BCUT2D eigenvalue weighted by Gasteiger charge is -2.57. The standard InChI is InChI=1S/C26H44NO3.ClH/c1-20(2)21-6-8-23-22(18-21)7-9-24-25(3,10-5-11-26(23,24)4)19-27(12-15-28,13-16-29)14-17-30;/h6,8,18,20,24,28-30H,5,7,9-17,19H2,1-4H3;1H/q+1;/p-1/t24-,25-,26+;/m0./s1. The molecule has 1 fully saturated rings. The van der Waals surface area contributed by atoms with Crippen LogP contribution in [-0.4, -0.2) is 65.8 Å². The molecule has 0 amide bonds. The van der Waals surface area contributed by atoms with Crippen LogP contribution in [0, 0.1) is 11.3 Å². The Labute approximate surface area is 195 Å². The third-order valence-electron chi connectivity index (χ3n) is 8.59. The number of aryl methyl sites for hydroxylation is 1. The zero-order chi connectivity index (χ0) is 22.0. The molecule has 31 heavy (non-hydrogen) atoms. The zero-order valence-corrected chi connectivity index (χ0v) is 20.8. The first-order valence-corrected chi connectivity index (χ1v) is 12.0. The van der Waals surface area contributed by atoms with Gasteiger partial charge in [0.1, 0.15) is 19.6 Å². The van der Waals surface area contributed by atoms with E-state index in [9.17, 15) is 15.3 Å². The van der Waals surface area contributed by atoms with E-state index in [1.165, 1.54) is 31.2 Å². The SMILES string of the molecule is CC(C)c1ccc2c(c1)CC[C@H]1[C@](C)(C[N+](CCO)(CCO)CCO)CCC[C@]21C.[Cl-].